The first-order valence-corrected chi connectivity index (χ1v) is 12.4. The molecule has 0 aliphatic carbocycles. The van der Waals surface area contributed by atoms with Gasteiger partial charge in [-0.3, -0.25) is 24.9 Å². The molecule has 1 aliphatic rings. The van der Waals surface area contributed by atoms with Crippen LogP contribution in [0.2, 0.25) is 0 Å². The summed E-state index contributed by atoms with van der Waals surface area (Å²) in [4.78, 5) is 35.4. The fraction of sp³-hybridized carbons (Fsp3) is 0.0833. The van der Waals surface area contributed by atoms with E-state index in [9.17, 15) is 28.1 Å². The lowest BCUT2D eigenvalue weighted by molar-refractivity contribution is -0.384. The van der Waals surface area contributed by atoms with Crippen molar-refractivity contribution < 1.29 is 32.2 Å². The first kappa shape index (κ1) is 26.1. The molecule has 1 aliphatic heterocycles. The molecule has 0 atom stereocenters. The fourth-order valence-corrected chi connectivity index (χ4v) is 3.86. The smallest absolute Gasteiger partial charge is 0.338 e. The lowest BCUT2D eigenvalue weighted by atomic mass is 10.1. The van der Waals surface area contributed by atoms with Gasteiger partial charge < -0.3 is 4.74 Å². The molecule has 2 N–H and O–H groups in total. The molecular weight excluding hydrogens is 518 g/mol. The number of esters is 1. The first-order valence-electron chi connectivity index (χ1n) is 10.9. The van der Waals surface area contributed by atoms with E-state index in [0.29, 0.717) is 16.9 Å². The molecule has 0 unspecified atom stereocenters. The minimum Gasteiger partial charge on any atom is -0.462 e. The topological polar surface area (TPSA) is 181 Å². The van der Waals surface area contributed by atoms with Crippen LogP contribution in [0.4, 0.5) is 17.1 Å². The number of hydrazone groups is 2. The van der Waals surface area contributed by atoms with Gasteiger partial charge in [-0.15, -0.1) is 0 Å². The highest BCUT2D eigenvalue weighted by Crippen LogP contribution is 2.24. The summed E-state index contributed by atoms with van der Waals surface area (Å²) in [6.07, 6.45) is 0. The molecule has 0 saturated carbocycles. The van der Waals surface area contributed by atoms with Gasteiger partial charge in [0, 0.05) is 17.7 Å². The molecule has 0 spiro atoms. The van der Waals surface area contributed by atoms with Crippen LogP contribution in [0.5, 0.6) is 0 Å². The number of rotatable bonds is 8. The maximum Gasteiger partial charge on any atom is 0.338 e. The Morgan fingerprint density at radius 1 is 1.08 bits per heavy atom. The first-order chi connectivity index (χ1) is 18.1. The van der Waals surface area contributed by atoms with E-state index in [2.05, 4.69) is 15.6 Å². The van der Waals surface area contributed by atoms with Crippen LogP contribution in [0.3, 0.4) is 0 Å². The number of hydrogen-bond acceptors (Lipinski definition) is 10. The SMILES string of the molecule is CCOC(=O)c1ccc(N2N=C(c3ccc([N+](=O)[O-])cc3)/C(=N/Nc3ccc(S(=O)(=O)O)cc3)C2=O)cc1. The molecule has 0 saturated heterocycles. The van der Waals surface area contributed by atoms with Gasteiger partial charge in [-0.2, -0.15) is 23.6 Å². The van der Waals surface area contributed by atoms with Crippen LogP contribution in [-0.2, 0) is 19.6 Å². The Morgan fingerprint density at radius 2 is 1.71 bits per heavy atom. The maximum atomic E-state index is 13.3. The molecule has 38 heavy (non-hydrogen) atoms. The minimum absolute atomic E-state index is 0.112. The van der Waals surface area contributed by atoms with Gasteiger partial charge in [-0.1, -0.05) is 0 Å². The predicted molar refractivity (Wildman–Crippen MR) is 137 cm³/mol. The number of carbonyl (C=O) groups excluding carboxylic acids is 2. The molecule has 0 fully saturated rings. The normalized spacial score (nSPS) is 14.4. The molecule has 194 valence electrons. The Hall–Kier alpha value is -4.95. The predicted octanol–water partition coefficient (Wildman–Crippen LogP) is 3.24. The van der Waals surface area contributed by atoms with Crippen LogP contribution in [0.1, 0.15) is 22.8 Å². The summed E-state index contributed by atoms with van der Waals surface area (Å²) in [7, 11) is -4.38. The van der Waals surface area contributed by atoms with Crippen molar-refractivity contribution in [3.63, 3.8) is 0 Å². The van der Waals surface area contributed by atoms with Crippen molar-refractivity contribution in [3.8, 4) is 0 Å². The number of benzene rings is 3. The summed E-state index contributed by atoms with van der Waals surface area (Å²) in [5.41, 5.74) is 3.76. The molecule has 4 rings (SSSR count). The lowest BCUT2D eigenvalue weighted by Crippen LogP contribution is -2.28. The third-order valence-corrected chi connectivity index (χ3v) is 6.11. The van der Waals surface area contributed by atoms with Crippen molar-refractivity contribution in [3.05, 3.63) is 94.0 Å². The number of ether oxygens (including phenoxy) is 1. The monoisotopic (exact) mass is 537 g/mol. The van der Waals surface area contributed by atoms with E-state index in [1.54, 1.807) is 6.92 Å². The highest BCUT2D eigenvalue weighted by Gasteiger charge is 2.34. The number of amides is 1. The van der Waals surface area contributed by atoms with Gasteiger partial charge in [-0.25, -0.2) is 4.79 Å². The zero-order valence-electron chi connectivity index (χ0n) is 19.6. The van der Waals surface area contributed by atoms with Gasteiger partial charge >= 0.3 is 11.9 Å². The van der Waals surface area contributed by atoms with Crippen molar-refractivity contribution in [1.82, 2.24) is 0 Å². The van der Waals surface area contributed by atoms with Crippen molar-refractivity contribution in [2.45, 2.75) is 11.8 Å². The van der Waals surface area contributed by atoms with E-state index in [1.807, 2.05) is 0 Å². The van der Waals surface area contributed by atoms with Crippen LogP contribution in [-0.4, -0.2) is 47.8 Å². The van der Waals surface area contributed by atoms with E-state index in [-0.39, 0.29) is 34.2 Å². The molecule has 13 nitrogen and oxygen atoms in total. The quantitative estimate of drug-likeness (QED) is 0.189. The zero-order valence-corrected chi connectivity index (χ0v) is 20.5. The summed E-state index contributed by atoms with van der Waals surface area (Å²) in [5.74, 6) is -1.15. The van der Waals surface area contributed by atoms with E-state index in [1.165, 1.54) is 60.7 Å². The van der Waals surface area contributed by atoms with Crippen LogP contribution in [0.15, 0.2) is 87.9 Å². The largest absolute Gasteiger partial charge is 0.462 e. The average molecular weight is 538 g/mol. The number of nitro groups is 1. The second kappa shape index (κ2) is 10.6. The van der Waals surface area contributed by atoms with Gasteiger partial charge in [0.2, 0.25) is 0 Å². The number of nitrogens with zero attached hydrogens (tertiary/aromatic N) is 4. The second-order valence-corrected chi connectivity index (χ2v) is 9.13. The molecule has 1 amide bonds. The Labute approximate surface area is 215 Å². The molecule has 0 radical (unpaired) electrons. The number of hydrogen-bond donors (Lipinski definition) is 2. The number of nitrogens with one attached hydrogen (secondary N) is 1. The van der Waals surface area contributed by atoms with Gasteiger partial charge in [0.25, 0.3) is 15.8 Å². The fourth-order valence-electron chi connectivity index (χ4n) is 3.38. The summed E-state index contributed by atoms with van der Waals surface area (Å²) >= 11 is 0. The Morgan fingerprint density at radius 3 is 2.26 bits per heavy atom. The van der Waals surface area contributed by atoms with Gasteiger partial charge in [0.15, 0.2) is 5.71 Å². The van der Waals surface area contributed by atoms with Gasteiger partial charge in [0.1, 0.15) is 5.71 Å². The molecule has 0 bridgehead atoms. The zero-order chi connectivity index (χ0) is 27.4. The van der Waals surface area contributed by atoms with Crippen molar-refractivity contribution in [1.29, 1.82) is 0 Å². The van der Waals surface area contributed by atoms with E-state index < -0.39 is 26.9 Å². The van der Waals surface area contributed by atoms with Crippen LogP contribution in [0, 0.1) is 10.1 Å². The van der Waals surface area contributed by atoms with E-state index in [0.717, 1.165) is 17.1 Å². The molecule has 1 heterocycles. The number of carbonyl (C=O) groups is 2. The Kier molecular flexibility index (Phi) is 7.27. The van der Waals surface area contributed by atoms with Crippen molar-refractivity contribution in [2.24, 2.45) is 10.2 Å². The minimum atomic E-state index is -4.38. The van der Waals surface area contributed by atoms with Crippen molar-refractivity contribution >= 4 is 50.5 Å². The summed E-state index contributed by atoms with van der Waals surface area (Å²) < 4.78 is 36.6. The molecule has 3 aromatic carbocycles. The highest BCUT2D eigenvalue weighted by molar-refractivity contribution is 7.85. The molecule has 14 heteroatoms. The average Bonchev–Trinajstić information content (AvgIpc) is 3.23. The standard InChI is InChI=1S/C24H19N5O8S/c1-2-37-24(31)16-5-9-18(10-6-16)28-23(30)22(21(27-28)15-3-11-19(12-4-15)29(32)33)26-25-17-7-13-20(14-8-17)38(34,35)36/h3-14,25H,2H2,1H3,(H,34,35,36)/b26-22-. The number of nitro benzene ring substituents is 1. The third-order valence-electron chi connectivity index (χ3n) is 5.24. The van der Waals surface area contributed by atoms with Gasteiger partial charge in [0.05, 0.1) is 33.4 Å². The van der Waals surface area contributed by atoms with Crippen LogP contribution >= 0.6 is 0 Å². The highest BCUT2D eigenvalue weighted by atomic mass is 32.2. The maximum absolute atomic E-state index is 13.3. The van der Waals surface area contributed by atoms with Crippen LogP contribution in [0.25, 0.3) is 0 Å². The van der Waals surface area contributed by atoms with E-state index >= 15 is 0 Å². The summed E-state index contributed by atoms with van der Waals surface area (Å²) in [6, 6.07) is 16.3. The Bertz CT molecular complexity index is 1570. The molecular formula is C24H19N5O8S. The summed E-state index contributed by atoms with van der Waals surface area (Å²) in [5, 5.41) is 20.6. The van der Waals surface area contributed by atoms with Gasteiger partial charge in [-0.05, 0) is 67.6 Å². The van der Waals surface area contributed by atoms with Crippen molar-refractivity contribution in [2.75, 3.05) is 17.0 Å². The number of anilines is 2. The lowest BCUT2D eigenvalue weighted by Gasteiger charge is -2.11. The molecule has 0 aromatic heterocycles. The number of non-ortho nitro benzene ring substituents is 1. The third kappa shape index (κ3) is 5.55. The summed E-state index contributed by atoms with van der Waals surface area (Å²) in [6.45, 7) is 1.89. The van der Waals surface area contributed by atoms with Crippen LogP contribution < -0.4 is 10.4 Å². The van der Waals surface area contributed by atoms with E-state index in [4.69, 9.17) is 9.29 Å². The molecule has 3 aromatic rings. The Balaban J connectivity index is 1.68. The second-order valence-electron chi connectivity index (χ2n) is 7.71.